The van der Waals surface area contributed by atoms with Gasteiger partial charge in [-0.05, 0) is 41.2 Å². The lowest BCUT2D eigenvalue weighted by Gasteiger charge is -2.14. The number of nitrogens with one attached hydrogen (secondary N) is 1. The van der Waals surface area contributed by atoms with E-state index in [9.17, 15) is 13.2 Å². The first-order chi connectivity index (χ1) is 12.7. The smallest absolute Gasteiger partial charge is 0.451 e. The standard InChI is InChI=1S/C18H19F3N4OS/c1-23(11-25-17(27)24(2)16(22-25)18(19,20)21)10-12-4-5-14-9-15(26-3)7-6-13(14)8-12/h4-9H,10-11H2,1-3H3/p+1. The van der Waals surface area contributed by atoms with Crippen molar-refractivity contribution in [3.63, 3.8) is 0 Å². The summed E-state index contributed by atoms with van der Waals surface area (Å²) in [5.74, 6) is -0.192. The third kappa shape index (κ3) is 4.14. The van der Waals surface area contributed by atoms with Crippen molar-refractivity contribution < 1.29 is 22.8 Å². The van der Waals surface area contributed by atoms with E-state index < -0.39 is 12.0 Å². The molecule has 27 heavy (non-hydrogen) atoms. The zero-order chi connectivity index (χ0) is 19.8. The Labute approximate surface area is 159 Å². The van der Waals surface area contributed by atoms with Crippen LogP contribution in [0.2, 0.25) is 0 Å². The number of hydrogen-bond acceptors (Lipinski definition) is 3. The van der Waals surface area contributed by atoms with Crippen LogP contribution < -0.4 is 9.64 Å². The first-order valence-corrected chi connectivity index (χ1v) is 8.69. The number of halogens is 3. The topological polar surface area (TPSA) is 36.4 Å². The monoisotopic (exact) mass is 397 g/mol. The molecule has 0 saturated carbocycles. The van der Waals surface area contributed by atoms with Gasteiger partial charge < -0.3 is 9.64 Å². The Morgan fingerprint density at radius 3 is 2.44 bits per heavy atom. The molecule has 1 atom stereocenters. The molecule has 1 heterocycles. The van der Waals surface area contributed by atoms with Crippen molar-refractivity contribution in [2.45, 2.75) is 19.4 Å². The van der Waals surface area contributed by atoms with Crippen LogP contribution in [0.4, 0.5) is 13.2 Å². The molecule has 0 aliphatic rings. The number of aromatic nitrogens is 3. The van der Waals surface area contributed by atoms with Crippen LogP contribution >= 0.6 is 12.2 Å². The van der Waals surface area contributed by atoms with Crippen molar-refractivity contribution in [2.75, 3.05) is 14.2 Å². The number of hydrogen-bond donors (Lipinski definition) is 1. The molecule has 9 heteroatoms. The normalized spacial score (nSPS) is 13.1. The maximum Gasteiger partial charge on any atom is 0.451 e. The fraction of sp³-hybridized carbons (Fsp3) is 0.333. The van der Waals surface area contributed by atoms with E-state index in [0.29, 0.717) is 6.54 Å². The van der Waals surface area contributed by atoms with Gasteiger partial charge >= 0.3 is 6.18 Å². The van der Waals surface area contributed by atoms with Crippen LogP contribution in [0, 0.1) is 4.77 Å². The summed E-state index contributed by atoms with van der Waals surface area (Å²) in [5, 5.41) is 5.79. The van der Waals surface area contributed by atoms with E-state index in [1.165, 1.54) is 11.7 Å². The van der Waals surface area contributed by atoms with Gasteiger partial charge in [-0.25, -0.2) is 0 Å². The fourth-order valence-electron chi connectivity index (χ4n) is 3.01. The summed E-state index contributed by atoms with van der Waals surface area (Å²) in [6, 6.07) is 11.9. The molecule has 1 unspecified atom stereocenters. The largest absolute Gasteiger partial charge is 0.497 e. The molecule has 1 aromatic heterocycles. The number of rotatable bonds is 5. The van der Waals surface area contributed by atoms with E-state index in [4.69, 9.17) is 17.0 Å². The molecule has 1 N–H and O–H groups in total. The molecule has 3 rings (SSSR count). The number of nitrogens with zero attached hydrogens (tertiary/aromatic N) is 3. The molecule has 0 aliphatic heterocycles. The number of quaternary nitrogens is 1. The minimum Gasteiger partial charge on any atom is -0.497 e. The second-order valence-electron chi connectivity index (χ2n) is 6.50. The van der Waals surface area contributed by atoms with Gasteiger partial charge in [-0.2, -0.15) is 17.9 Å². The first kappa shape index (κ1) is 19.4. The van der Waals surface area contributed by atoms with E-state index in [2.05, 4.69) is 11.2 Å². The van der Waals surface area contributed by atoms with E-state index in [-0.39, 0.29) is 11.4 Å². The zero-order valence-corrected chi connectivity index (χ0v) is 16.0. The van der Waals surface area contributed by atoms with Crippen molar-refractivity contribution >= 4 is 23.0 Å². The molecule has 0 amide bonds. The Morgan fingerprint density at radius 2 is 1.81 bits per heavy atom. The highest BCUT2D eigenvalue weighted by molar-refractivity contribution is 7.71. The molecule has 0 aliphatic carbocycles. The summed E-state index contributed by atoms with van der Waals surface area (Å²) in [7, 11) is 4.80. The number of alkyl halides is 3. The van der Waals surface area contributed by atoms with Crippen molar-refractivity contribution in [1.82, 2.24) is 14.3 Å². The van der Waals surface area contributed by atoms with Gasteiger partial charge in [-0.3, -0.25) is 4.57 Å². The predicted octanol–water partition coefficient (Wildman–Crippen LogP) is 2.80. The van der Waals surface area contributed by atoms with Crippen molar-refractivity contribution in [3.8, 4) is 5.75 Å². The molecule has 0 fully saturated rings. The van der Waals surface area contributed by atoms with Gasteiger partial charge in [0.2, 0.25) is 10.6 Å². The Kier molecular flexibility index (Phi) is 5.25. The average molecular weight is 397 g/mol. The second-order valence-corrected chi connectivity index (χ2v) is 6.87. The molecule has 0 radical (unpaired) electrons. The molecule has 2 aromatic carbocycles. The predicted molar refractivity (Wildman–Crippen MR) is 98.1 cm³/mol. The molecular weight excluding hydrogens is 377 g/mol. The van der Waals surface area contributed by atoms with Gasteiger partial charge in [-0.1, -0.05) is 18.2 Å². The number of fused-ring (bicyclic) bond motifs is 1. The lowest BCUT2D eigenvalue weighted by molar-refractivity contribution is -0.917. The maximum atomic E-state index is 13.0. The van der Waals surface area contributed by atoms with Crippen LogP contribution in [0.3, 0.4) is 0 Å². The van der Waals surface area contributed by atoms with Crippen LogP contribution in [0.25, 0.3) is 10.8 Å². The third-order valence-electron chi connectivity index (χ3n) is 4.33. The number of benzene rings is 2. The quantitative estimate of drug-likeness (QED) is 0.673. The summed E-state index contributed by atoms with van der Waals surface area (Å²) in [5.41, 5.74) is 1.07. The SMILES string of the molecule is COc1ccc2cc(C[NH+](C)Cn3nc(C(F)(F)F)n(C)c3=S)ccc2c1. The van der Waals surface area contributed by atoms with E-state index >= 15 is 0 Å². The van der Waals surface area contributed by atoms with Crippen LogP contribution in [0.15, 0.2) is 36.4 Å². The molecular formula is C18H20F3N4OS+. The zero-order valence-electron chi connectivity index (χ0n) is 15.2. The minimum atomic E-state index is -4.53. The molecule has 144 valence electrons. The highest BCUT2D eigenvalue weighted by Crippen LogP contribution is 2.27. The van der Waals surface area contributed by atoms with Gasteiger partial charge in [0.05, 0.1) is 14.2 Å². The summed E-state index contributed by atoms with van der Waals surface area (Å²) < 4.78 is 46.3. The van der Waals surface area contributed by atoms with Gasteiger partial charge in [0, 0.05) is 12.6 Å². The van der Waals surface area contributed by atoms with Crippen molar-refractivity contribution in [2.24, 2.45) is 7.05 Å². The highest BCUT2D eigenvalue weighted by Gasteiger charge is 2.37. The Morgan fingerprint density at radius 1 is 1.15 bits per heavy atom. The Balaban J connectivity index is 1.77. The van der Waals surface area contributed by atoms with E-state index in [0.717, 1.165) is 31.6 Å². The van der Waals surface area contributed by atoms with Gasteiger partial charge in [0.1, 0.15) is 12.3 Å². The van der Waals surface area contributed by atoms with Gasteiger partial charge in [-0.15, -0.1) is 5.10 Å². The fourth-order valence-corrected chi connectivity index (χ4v) is 3.20. The third-order valence-corrected chi connectivity index (χ3v) is 4.82. The van der Waals surface area contributed by atoms with Crippen LogP contribution in [0.1, 0.15) is 11.4 Å². The maximum absolute atomic E-state index is 13.0. The molecule has 3 aromatic rings. The lowest BCUT2D eigenvalue weighted by atomic mass is 10.1. The summed E-state index contributed by atoms with van der Waals surface area (Å²) in [6.07, 6.45) is -4.53. The van der Waals surface area contributed by atoms with Crippen molar-refractivity contribution in [1.29, 1.82) is 0 Å². The highest BCUT2D eigenvalue weighted by atomic mass is 32.1. The second kappa shape index (κ2) is 7.32. The minimum absolute atomic E-state index is 0.0484. The Bertz CT molecular complexity index is 1030. The lowest BCUT2D eigenvalue weighted by Crippen LogP contribution is -3.07. The summed E-state index contributed by atoms with van der Waals surface area (Å²) in [4.78, 5) is 0.964. The summed E-state index contributed by atoms with van der Waals surface area (Å²) in [6.45, 7) is 0.866. The van der Waals surface area contributed by atoms with Crippen molar-refractivity contribution in [3.05, 3.63) is 52.6 Å². The molecule has 0 spiro atoms. The van der Waals surface area contributed by atoms with Crippen LogP contribution in [-0.4, -0.2) is 28.5 Å². The Hall–Kier alpha value is -2.39. The van der Waals surface area contributed by atoms with Gasteiger partial charge in [0.15, 0.2) is 6.67 Å². The number of ether oxygens (including phenoxy) is 1. The van der Waals surface area contributed by atoms with Crippen LogP contribution in [-0.2, 0) is 26.4 Å². The summed E-state index contributed by atoms with van der Waals surface area (Å²) >= 11 is 5.09. The average Bonchev–Trinajstić information content (AvgIpc) is 2.89. The molecule has 5 nitrogen and oxygen atoms in total. The first-order valence-electron chi connectivity index (χ1n) is 8.28. The molecule has 0 bridgehead atoms. The van der Waals surface area contributed by atoms with Crippen LogP contribution in [0.5, 0.6) is 5.75 Å². The van der Waals surface area contributed by atoms with Gasteiger partial charge in [0.25, 0.3) is 0 Å². The molecule has 0 saturated heterocycles. The van der Waals surface area contributed by atoms with E-state index in [1.54, 1.807) is 7.11 Å². The van der Waals surface area contributed by atoms with E-state index in [1.807, 2.05) is 37.4 Å². The number of methoxy groups -OCH3 is 1.